The smallest absolute Gasteiger partial charge is 0.328 e. The van der Waals surface area contributed by atoms with Gasteiger partial charge in [0.15, 0.2) is 5.78 Å². The first-order chi connectivity index (χ1) is 18.1. The number of hydrogen-bond acceptors (Lipinski definition) is 6. The fraction of sp³-hybridized carbons (Fsp3) is 0.267. The van der Waals surface area contributed by atoms with E-state index in [2.05, 4.69) is 4.99 Å². The van der Waals surface area contributed by atoms with Crippen LogP contribution in [-0.4, -0.2) is 72.1 Å². The van der Waals surface area contributed by atoms with Crippen LogP contribution in [0.3, 0.4) is 0 Å². The van der Waals surface area contributed by atoms with E-state index in [1.165, 1.54) is 7.11 Å². The molecule has 0 saturated carbocycles. The van der Waals surface area contributed by atoms with Crippen molar-refractivity contribution in [1.29, 1.82) is 0 Å². The Morgan fingerprint density at radius 2 is 1.46 bits per heavy atom. The summed E-state index contributed by atoms with van der Waals surface area (Å²) in [7, 11) is 1.34. The number of aliphatic imine (C=N–C) groups is 1. The van der Waals surface area contributed by atoms with Crippen molar-refractivity contribution >= 4 is 23.4 Å². The van der Waals surface area contributed by atoms with Crippen LogP contribution in [0.2, 0.25) is 0 Å². The van der Waals surface area contributed by atoms with Crippen molar-refractivity contribution in [2.75, 3.05) is 26.9 Å². The summed E-state index contributed by atoms with van der Waals surface area (Å²) < 4.78 is 5.10. The highest BCUT2D eigenvalue weighted by Crippen LogP contribution is 2.32. The number of methoxy groups -OCH3 is 1. The molecule has 1 fully saturated rings. The molecule has 2 unspecified atom stereocenters. The van der Waals surface area contributed by atoms with Crippen LogP contribution in [-0.2, 0) is 14.3 Å². The molecule has 5 rings (SSSR count). The van der Waals surface area contributed by atoms with Gasteiger partial charge in [-0.05, 0) is 11.1 Å². The number of ketones is 1. The van der Waals surface area contributed by atoms with Crippen LogP contribution in [0.15, 0.2) is 96.0 Å². The highest BCUT2D eigenvalue weighted by atomic mass is 16.5. The van der Waals surface area contributed by atoms with E-state index in [0.29, 0.717) is 12.2 Å². The molecule has 0 aliphatic carbocycles. The molecule has 0 aromatic heterocycles. The van der Waals surface area contributed by atoms with Crippen LogP contribution in [0, 0.1) is 0 Å². The van der Waals surface area contributed by atoms with E-state index >= 15 is 0 Å². The number of ether oxygens (including phenoxy) is 1. The maximum atomic E-state index is 14.3. The van der Waals surface area contributed by atoms with E-state index in [0.717, 1.165) is 16.8 Å². The molecule has 0 bridgehead atoms. The summed E-state index contributed by atoms with van der Waals surface area (Å²) in [6.07, 6.45) is 0.287. The molecule has 7 nitrogen and oxygen atoms in total. The molecule has 2 atom stereocenters. The summed E-state index contributed by atoms with van der Waals surface area (Å²) >= 11 is 0. The van der Waals surface area contributed by atoms with E-state index in [1.807, 2.05) is 83.8 Å². The molecule has 1 amide bonds. The van der Waals surface area contributed by atoms with E-state index in [1.54, 1.807) is 17.0 Å². The second-order valence-electron chi connectivity index (χ2n) is 9.33. The van der Waals surface area contributed by atoms with Gasteiger partial charge < -0.3 is 9.64 Å². The summed E-state index contributed by atoms with van der Waals surface area (Å²) in [4.78, 5) is 48.3. The molecule has 0 N–H and O–H groups in total. The molecule has 2 aliphatic heterocycles. The second-order valence-corrected chi connectivity index (χ2v) is 9.33. The number of fused-ring (bicyclic) bond motifs is 1. The van der Waals surface area contributed by atoms with E-state index in [-0.39, 0.29) is 37.2 Å². The predicted molar refractivity (Wildman–Crippen MR) is 140 cm³/mol. The summed E-state index contributed by atoms with van der Waals surface area (Å²) in [6.45, 7) is 0.804. The first-order valence-corrected chi connectivity index (χ1v) is 12.4. The van der Waals surface area contributed by atoms with Crippen LogP contribution < -0.4 is 0 Å². The van der Waals surface area contributed by atoms with Gasteiger partial charge in [0.25, 0.3) is 0 Å². The lowest BCUT2D eigenvalue weighted by Crippen LogP contribution is -2.59. The highest BCUT2D eigenvalue weighted by molar-refractivity contribution is 6.02. The number of likely N-dealkylation sites (tertiary alicyclic amines) is 1. The zero-order valence-electron chi connectivity index (χ0n) is 20.7. The van der Waals surface area contributed by atoms with Crippen LogP contribution in [0.4, 0.5) is 0 Å². The average molecular weight is 496 g/mol. The summed E-state index contributed by atoms with van der Waals surface area (Å²) in [5, 5.41) is 0. The SMILES string of the molecule is COC(=O)C1CC2=NCN(CC(=O)c3ccccc3)C2CN1C(=O)C(c1ccccc1)c1ccccc1. The average Bonchev–Trinajstić information content (AvgIpc) is 3.35. The molecule has 1 saturated heterocycles. The molecule has 2 aliphatic rings. The van der Waals surface area contributed by atoms with Gasteiger partial charge >= 0.3 is 5.97 Å². The quantitative estimate of drug-likeness (QED) is 0.370. The lowest BCUT2D eigenvalue weighted by atomic mass is 9.87. The number of rotatable bonds is 7. The topological polar surface area (TPSA) is 79.3 Å². The predicted octanol–water partition coefficient (Wildman–Crippen LogP) is 3.56. The number of esters is 1. The summed E-state index contributed by atoms with van der Waals surface area (Å²) in [5.74, 6) is -1.22. The van der Waals surface area contributed by atoms with Gasteiger partial charge in [-0.25, -0.2) is 4.79 Å². The molecule has 7 heteroatoms. The third-order valence-corrected chi connectivity index (χ3v) is 7.14. The van der Waals surface area contributed by atoms with Crippen LogP contribution in [0.1, 0.15) is 33.8 Å². The Morgan fingerprint density at radius 1 is 0.892 bits per heavy atom. The normalized spacial score (nSPS) is 19.3. The Hall–Kier alpha value is -4.10. The maximum absolute atomic E-state index is 14.3. The third-order valence-electron chi connectivity index (χ3n) is 7.14. The summed E-state index contributed by atoms with van der Waals surface area (Å²) in [5.41, 5.74) is 3.17. The van der Waals surface area contributed by atoms with Crippen molar-refractivity contribution in [3.8, 4) is 0 Å². The Morgan fingerprint density at radius 3 is 2.03 bits per heavy atom. The Labute approximate surface area is 216 Å². The molecule has 3 aromatic carbocycles. The van der Waals surface area contributed by atoms with E-state index in [9.17, 15) is 14.4 Å². The van der Waals surface area contributed by atoms with Crippen molar-refractivity contribution < 1.29 is 19.1 Å². The molecular weight excluding hydrogens is 466 g/mol. The van der Waals surface area contributed by atoms with Gasteiger partial charge in [-0.1, -0.05) is 91.0 Å². The van der Waals surface area contributed by atoms with E-state index in [4.69, 9.17) is 4.74 Å². The van der Waals surface area contributed by atoms with Gasteiger partial charge in [0, 0.05) is 24.2 Å². The summed E-state index contributed by atoms with van der Waals surface area (Å²) in [6, 6.07) is 27.3. The minimum Gasteiger partial charge on any atom is -0.467 e. The lowest BCUT2D eigenvalue weighted by molar-refractivity contribution is -0.154. The number of carbonyl (C=O) groups excluding carboxylic acids is 3. The van der Waals surface area contributed by atoms with Crippen molar-refractivity contribution in [3.05, 3.63) is 108 Å². The first kappa shape index (κ1) is 24.6. The lowest BCUT2D eigenvalue weighted by Gasteiger charge is -2.41. The first-order valence-electron chi connectivity index (χ1n) is 12.4. The molecule has 37 heavy (non-hydrogen) atoms. The Balaban J connectivity index is 1.45. The van der Waals surface area contributed by atoms with Gasteiger partial charge in [0.2, 0.25) is 5.91 Å². The zero-order chi connectivity index (χ0) is 25.8. The molecular formula is C30H29N3O4. The van der Waals surface area contributed by atoms with Crippen LogP contribution in [0.25, 0.3) is 0 Å². The maximum Gasteiger partial charge on any atom is 0.328 e. The highest BCUT2D eigenvalue weighted by Gasteiger charge is 2.46. The van der Waals surface area contributed by atoms with Gasteiger partial charge in [0.05, 0.1) is 32.3 Å². The number of piperidine rings is 1. The van der Waals surface area contributed by atoms with Gasteiger partial charge in [-0.3, -0.25) is 19.5 Å². The molecule has 188 valence electrons. The van der Waals surface area contributed by atoms with Gasteiger partial charge in [-0.15, -0.1) is 0 Å². The number of amides is 1. The molecule has 3 aromatic rings. The van der Waals surface area contributed by atoms with Crippen molar-refractivity contribution in [3.63, 3.8) is 0 Å². The van der Waals surface area contributed by atoms with Crippen molar-refractivity contribution in [2.45, 2.75) is 24.4 Å². The molecule has 0 spiro atoms. The third kappa shape index (κ3) is 5.08. The van der Waals surface area contributed by atoms with Crippen molar-refractivity contribution in [1.82, 2.24) is 9.80 Å². The van der Waals surface area contributed by atoms with Gasteiger partial charge in [-0.2, -0.15) is 0 Å². The largest absolute Gasteiger partial charge is 0.467 e. The number of nitrogens with zero attached hydrogens (tertiary/aromatic N) is 3. The number of benzene rings is 3. The fourth-order valence-corrected chi connectivity index (χ4v) is 5.22. The zero-order valence-corrected chi connectivity index (χ0v) is 20.7. The minimum absolute atomic E-state index is 0.00327. The molecule has 2 heterocycles. The second kappa shape index (κ2) is 10.9. The van der Waals surface area contributed by atoms with E-state index < -0.39 is 17.9 Å². The Kier molecular flexibility index (Phi) is 7.23. The number of carbonyl (C=O) groups is 3. The van der Waals surface area contributed by atoms with Gasteiger partial charge in [0.1, 0.15) is 6.04 Å². The number of Topliss-reactive ketones (excluding diaryl/α,β-unsaturated/α-hetero) is 1. The van der Waals surface area contributed by atoms with Crippen molar-refractivity contribution in [2.24, 2.45) is 4.99 Å². The standard InChI is InChI=1S/C30H29N3O4/c1-37-30(36)25-17-24-26(32(20-31-24)19-27(34)21-11-5-2-6-12-21)18-33(25)29(35)28(22-13-7-3-8-14-22)23-15-9-4-10-16-23/h2-16,25-26,28H,17-20H2,1H3. The van der Waals surface area contributed by atoms with Crippen LogP contribution >= 0.6 is 0 Å². The monoisotopic (exact) mass is 495 g/mol. The fourth-order valence-electron chi connectivity index (χ4n) is 5.22. The number of hydrogen-bond donors (Lipinski definition) is 0. The minimum atomic E-state index is -0.771. The van der Waals surface area contributed by atoms with Crippen LogP contribution in [0.5, 0.6) is 0 Å². The molecule has 0 radical (unpaired) electrons. The Bertz CT molecular complexity index is 1250.